The Balaban J connectivity index is 2.70. The van der Waals surface area contributed by atoms with Crippen LogP contribution >= 0.6 is 22.9 Å². The number of fused-ring (bicyclic) bond motifs is 1. The Labute approximate surface area is 92.0 Å². The first-order valence-electron chi connectivity index (χ1n) is 4.51. The van der Waals surface area contributed by atoms with Crippen LogP contribution in [0.15, 0.2) is 6.07 Å². The van der Waals surface area contributed by atoms with E-state index in [-0.39, 0.29) is 0 Å². The molecule has 0 aliphatic heterocycles. The van der Waals surface area contributed by atoms with Crippen molar-refractivity contribution >= 4 is 33.2 Å². The van der Waals surface area contributed by atoms with Crippen molar-refractivity contribution in [2.24, 2.45) is 0 Å². The second-order valence-electron chi connectivity index (χ2n) is 3.61. The van der Waals surface area contributed by atoms with Gasteiger partial charge in [-0.3, -0.25) is 0 Å². The molecule has 0 amide bonds. The van der Waals surface area contributed by atoms with Gasteiger partial charge in [-0.25, -0.2) is 9.97 Å². The summed E-state index contributed by atoms with van der Waals surface area (Å²) in [5, 5.41) is 1.64. The number of aryl methyl sites for hydroxylation is 1. The first kappa shape index (κ1) is 9.87. The molecule has 2 aromatic rings. The maximum Gasteiger partial charge on any atom is 0.156 e. The molecule has 2 nitrogen and oxygen atoms in total. The lowest BCUT2D eigenvalue weighted by Gasteiger charge is -1.94. The van der Waals surface area contributed by atoms with Crippen molar-refractivity contribution in [3.8, 4) is 0 Å². The highest BCUT2D eigenvalue weighted by molar-refractivity contribution is 7.18. The number of rotatable bonds is 1. The molecule has 0 bridgehead atoms. The van der Waals surface area contributed by atoms with E-state index in [1.165, 1.54) is 0 Å². The summed E-state index contributed by atoms with van der Waals surface area (Å²) in [5.74, 6) is 0.448. The van der Waals surface area contributed by atoms with Gasteiger partial charge in [-0.15, -0.1) is 11.3 Å². The molecule has 0 saturated heterocycles. The van der Waals surface area contributed by atoms with E-state index in [0.717, 1.165) is 20.9 Å². The quantitative estimate of drug-likeness (QED) is 0.692. The van der Waals surface area contributed by atoms with E-state index in [2.05, 4.69) is 23.8 Å². The summed E-state index contributed by atoms with van der Waals surface area (Å²) < 4.78 is 1.13. The number of hydrogen-bond acceptors (Lipinski definition) is 3. The maximum absolute atomic E-state index is 6.01. The Morgan fingerprint density at radius 1 is 1.36 bits per heavy atom. The molecule has 0 fully saturated rings. The van der Waals surface area contributed by atoms with Crippen molar-refractivity contribution in [3.63, 3.8) is 0 Å². The van der Waals surface area contributed by atoms with Gasteiger partial charge in [0.2, 0.25) is 0 Å². The molecule has 0 radical (unpaired) electrons. The lowest BCUT2D eigenvalue weighted by molar-refractivity contribution is 0.856. The van der Waals surface area contributed by atoms with Gasteiger partial charge in [0.25, 0.3) is 0 Å². The first-order chi connectivity index (χ1) is 6.58. The normalized spacial score (nSPS) is 11.5. The van der Waals surface area contributed by atoms with Gasteiger partial charge < -0.3 is 0 Å². The largest absolute Gasteiger partial charge is 0.239 e. The van der Waals surface area contributed by atoms with Gasteiger partial charge in [-0.1, -0.05) is 25.4 Å². The molecule has 4 heteroatoms. The number of aromatic nitrogens is 2. The summed E-state index contributed by atoms with van der Waals surface area (Å²) in [7, 11) is 0. The second-order valence-corrected chi connectivity index (χ2v) is 5.03. The Morgan fingerprint density at radius 3 is 2.71 bits per heavy atom. The zero-order valence-corrected chi connectivity index (χ0v) is 9.91. The lowest BCUT2D eigenvalue weighted by atomic mass is 10.2. The number of thiazole rings is 1. The molecule has 2 rings (SSSR count). The zero-order chi connectivity index (χ0) is 10.3. The van der Waals surface area contributed by atoms with Crippen molar-refractivity contribution in [1.82, 2.24) is 9.97 Å². The van der Waals surface area contributed by atoms with Crippen LogP contribution in [0.2, 0.25) is 5.15 Å². The highest BCUT2D eigenvalue weighted by Gasteiger charge is 2.10. The Hall–Kier alpha value is -0.670. The van der Waals surface area contributed by atoms with Crippen LogP contribution in [0.25, 0.3) is 10.2 Å². The van der Waals surface area contributed by atoms with Gasteiger partial charge in [0, 0.05) is 11.6 Å². The fourth-order valence-electron chi connectivity index (χ4n) is 1.27. The summed E-state index contributed by atoms with van der Waals surface area (Å²) in [5.41, 5.74) is 1.78. The molecule has 2 aromatic heterocycles. The van der Waals surface area contributed by atoms with Crippen LogP contribution in [-0.2, 0) is 0 Å². The van der Waals surface area contributed by atoms with Crippen LogP contribution in [0.1, 0.15) is 30.5 Å². The molecule has 74 valence electrons. The lowest BCUT2D eigenvalue weighted by Crippen LogP contribution is -1.85. The fraction of sp³-hybridized carbons (Fsp3) is 0.400. The number of pyridine rings is 1. The monoisotopic (exact) mass is 226 g/mol. The van der Waals surface area contributed by atoms with E-state index in [1.54, 1.807) is 11.3 Å². The molecule has 0 unspecified atom stereocenters. The van der Waals surface area contributed by atoms with Gasteiger partial charge in [0.1, 0.15) is 5.52 Å². The zero-order valence-electron chi connectivity index (χ0n) is 8.34. The molecular formula is C10H11ClN2S. The minimum atomic E-state index is 0.448. The van der Waals surface area contributed by atoms with Gasteiger partial charge in [0.05, 0.1) is 9.71 Å². The maximum atomic E-state index is 6.01. The highest BCUT2D eigenvalue weighted by atomic mass is 35.5. The Kier molecular flexibility index (Phi) is 2.45. The Bertz CT molecular complexity index is 476. The third kappa shape index (κ3) is 1.62. The molecule has 0 N–H and O–H groups in total. The van der Waals surface area contributed by atoms with Gasteiger partial charge in [-0.2, -0.15) is 0 Å². The molecule has 0 aliphatic rings. The molecule has 0 aromatic carbocycles. The fourth-order valence-corrected chi connectivity index (χ4v) is 2.67. The summed E-state index contributed by atoms with van der Waals surface area (Å²) in [6.45, 7) is 6.21. The van der Waals surface area contributed by atoms with Crippen molar-refractivity contribution < 1.29 is 0 Å². The Morgan fingerprint density at radius 2 is 2.07 bits per heavy atom. The summed E-state index contributed by atoms with van der Waals surface area (Å²) in [6.07, 6.45) is 0. The molecule has 0 saturated carbocycles. The SMILES string of the molecule is Cc1cc2sc(C(C)C)nc2c(Cl)n1. The molecule has 0 spiro atoms. The van der Waals surface area contributed by atoms with E-state index in [0.29, 0.717) is 11.1 Å². The van der Waals surface area contributed by atoms with Gasteiger partial charge in [-0.05, 0) is 13.0 Å². The van der Waals surface area contributed by atoms with Crippen LogP contribution < -0.4 is 0 Å². The smallest absolute Gasteiger partial charge is 0.156 e. The minimum absolute atomic E-state index is 0.448. The standard InChI is InChI=1S/C10H11ClN2S/c1-5(2)10-13-8-7(14-10)4-6(3)12-9(8)11/h4-5H,1-3H3. The van der Waals surface area contributed by atoms with Crippen LogP contribution in [0, 0.1) is 6.92 Å². The van der Waals surface area contributed by atoms with Crippen molar-refractivity contribution in [1.29, 1.82) is 0 Å². The van der Waals surface area contributed by atoms with Crippen molar-refractivity contribution in [2.45, 2.75) is 26.7 Å². The molecule has 0 aliphatic carbocycles. The van der Waals surface area contributed by atoms with E-state index in [9.17, 15) is 0 Å². The van der Waals surface area contributed by atoms with Crippen molar-refractivity contribution in [3.05, 3.63) is 21.9 Å². The molecular weight excluding hydrogens is 216 g/mol. The number of hydrogen-bond donors (Lipinski definition) is 0. The highest BCUT2D eigenvalue weighted by Crippen LogP contribution is 2.30. The third-order valence-corrected chi connectivity index (χ3v) is 3.54. The topological polar surface area (TPSA) is 25.8 Å². The predicted octanol–water partition coefficient (Wildman–Crippen LogP) is 3.78. The summed E-state index contributed by atoms with van der Waals surface area (Å²) in [4.78, 5) is 8.66. The number of halogens is 1. The third-order valence-electron chi connectivity index (χ3n) is 1.97. The summed E-state index contributed by atoms with van der Waals surface area (Å²) in [6, 6.07) is 2.03. The minimum Gasteiger partial charge on any atom is -0.239 e. The average Bonchev–Trinajstić information content (AvgIpc) is 2.47. The van der Waals surface area contributed by atoms with E-state index in [4.69, 9.17) is 11.6 Å². The van der Waals surface area contributed by atoms with Crippen molar-refractivity contribution in [2.75, 3.05) is 0 Å². The molecule has 14 heavy (non-hydrogen) atoms. The van der Waals surface area contributed by atoms with Crippen LogP contribution in [0.5, 0.6) is 0 Å². The van der Waals surface area contributed by atoms with E-state index in [1.807, 2.05) is 13.0 Å². The van der Waals surface area contributed by atoms with Gasteiger partial charge >= 0.3 is 0 Å². The summed E-state index contributed by atoms with van der Waals surface area (Å²) >= 11 is 7.71. The average molecular weight is 227 g/mol. The molecule has 0 atom stereocenters. The predicted molar refractivity (Wildman–Crippen MR) is 61.3 cm³/mol. The van der Waals surface area contributed by atoms with E-state index >= 15 is 0 Å². The van der Waals surface area contributed by atoms with Crippen LogP contribution in [0.4, 0.5) is 0 Å². The van der Waals surface area contributed by atoms with Crippen LogP contribution in [0.3, 0.4) is 0 Å². The first-order valence-corrected chi connectivity index (χ1v) is 5.71. The van der Waals surface area contributed by atoms with Crippen LogP contribution in [-0.4, -0.2) is 9.97 Å². The second kappa shape index (κ2) is 3.48. The molecule has 2 heterocycles. The number of nitrogens with zero attached hydrogens (tertiary/aromatic N) is 2. The van der Waals surface area contributed by atoms with E-state index < -0.39 is 0 Å². The van der Waals surface area contributed by atoms with Gasteiger partial charge in [0.15, 0.2) is 5.15 Å².